The summed E-state index contributed by atoms with van der Waals surface area (Å²) in [6, 6.07) is 9.58. The quantitative estimate of drug-likeness (QED) is 0.860. The normalized spacial score (nSPS) is 10.3. The monoisotopic (exact) mass is 258 g/mol. The lowest BCUT2D eigenvalue weighted by Crippen LogP contribution is -2.10. The van der Waals surface area contributed by atoms with Gasteiger partial charge in [0.1, 0.15) is 12.4 Å². The van der Waals surface area contributed by atoms with Crippen molar-refractivity contribution in [1.29, 1.82) is 0 Å². The van der Waals surface area contributed by atoms with Crippen molar-refractivity contribution in [3.63, 3.8) is 0 Å². The van der Waals surface area contributed by atoms with Crippen LogP contribution in [-0.2, 0) is 0 Å². The maximum absolute atomic E-state index is 5.48. The number of benzene rings is 1. The van der Waals surface area contributed by atoms with Crippen molar-refractivity contribution in [3.05, 3.63) is 41.7 Å². The third-order valence-corrected chi connectivity index (χ3v) is 2.46. The molecule has 5 nitrogen and oxygen atoms in total. The lowest BCUT2D eigenvalue weighted by molar-refractivity contribution is 0.328. The van der Waals surface area contributed by atoms with E-state index in [-0.39, 0.29) is 0 Å². The Kier molecular flexibility index (Phi) is 4.30. The predicted octanol–water partition coefficient (Wildman–Crippen LogP) is 2.17. The molecule has 2 rings (SSSR count). The highest BCUT2D eigenvalue weighted by atomic mass is 16.5. The molecule has 19 heavy (non-hydrogen) atoms. The van der Waals surface area contributed by atoms with Gasteiger partial charge in [-0.05, 0) is 32.0 Å². The first-order valence-corrected chi connectivity index (χ1v) is 6.19. The van der Waals surface area contributed by atoms with Gasteiger partial charge in [0.2, 0.25) is 5.95 Å². The van der Waals surface area contributed by atoms with Gasteiger partial charge in [-0.25, -0.2) is 9.97 Å². The SMILES string of the molecule is Cc1cc(C)nc(Nc2cccc(OCCN)c2)n1. The molecule has 0 fully saturated rings. The van der Waals surface area contributed by atoms with Gasteiger partial charge in [0.15, 0.2) is 0 Å². The van der Waals surface area contributed by atoms with Crippen LogP contribution in [0.3, 0.4) is 0 Å². The number of nitrogens with two attached hydrogens (primary N) is 1. The molecule has 0 saturated heterocycles. The van der Waals surface area contributed by atoms with E-state index in [1.807, 2.05) is 44.2 Å². The number of nitrogens with one attached hydrogen (secondary N) is 1. The highest BCUT2D eigenvalue weighted by Crippen LogP contribution is 2.20. The van der Waals surface area contributed by atoms with Crippen LogP contribution in [0.4, 0.5) is 11.6 Å². The Morgan fingerprint density at radius 2 is 1.89 bits per heavy atom. The molecule has 0 amide bonds. The van der Waals surface area contributed by atoms with E-state index < -0.39 is 0 Å². The number of ether oxygens (including phenoxy) is 1. The van der Waals surface area contributed by atoms with Gasteiger partial charge >= 0.3 is 0 Å². The number of hydrogen-bond acceptors (Lipinski definition) is 5. The molecule has 0 aliphatic heterocycles. The van der Waals surface area contributed by atoms with Crippen molar-refractivity contribution in [3.8, 4) is 5.75 Å². The standard InChI is InChI=1S/C14H18N4O/c1-10-8-11(2)17-14(16-10)18-12-4-3-5-13(9-12)19-7-6-15/h3-5,8-9H,6-7,15H2,1-2H3,(H,16,17,18). The fourth-order valence-electron chi connectivity index (χ4n) is 1.75. The second kappa shape index (κ2) is 6.15. The van der Waals surface area contributed by atoms with Gasteiger partial charge in [0.05, 0.1) is 0 Å². The molecule has 5 heteroatoms. The fourth-order valence-corrected chi connectivity index (χ4v) is 1.75. The highest BCUT2D eigenvalue weighted by molar-refractivity contribution is 5.55. The molecule has 0 aliphatic rings. The van der Waals surface area contributed by atoms with Gasteiger partial charge in [0, 0.05) is 29.7 Å². The molecule has 1 aromatic heterocycles. The summed E-state index contributed by atoms with van der Waals surface area (Å²) in [5.74, 6) is 1.37. The van der Waals surface area contributed by atoms with Crippen molar-refractivity contribution < 1.29 is 4.74 Å². The van der Waals surface area contributed by atoms with E-state index in [9.17, 15) is 0 Å². The predicted molar refractivity (Wildman–Crippen MR) is 75.8 cm³/mol. The summed E-state index contributed by atoms with van der Waals surface area (Å²) >= 11 is 0. The Morgan fingerprint density at radius 3 is 2.58 bits per heavy atom. The Hall–Kier alpha value is -2.14. The summed E-state index contributed by atoms with van der Waals surface area (Å²) in [5.41, 5.74) is 8.17. The topological polar surface area (TPSA) is 73.1 Å². The number of aromatic nitrogens is 2. The van der Waals surface area contributed by atoms with E-state index >= 15 is 0 Å². The van der Waals surface area contributed by atoms with E-state index in [2.05, 4.69) is 15.3 Å². The molecular weight excluding hydrogens is 240 g/mol. The zero-order chi connectivity index (χ0) is 13.7. The molecule has 0 unspecified atom stereocenters. The van der Waals surface area contributed by atoms with E-state index in [1.54, 1.807) is 0 Å². The third-order valence-electron chi connectivity index (χ3n) is 2.46. The molecule has 0 atom stereocenters. The minimum Gasteiger partial charge on any atom is -0.492 e. The van der Waals surface area contributed by atoms with E-state index in [0.717, 1.165) is 22.8 Å². The largest absolute Gasteiger partial charge is 0.492 e. The van der Waals surface area contributed by atoms with E-state index in [0.29, 0.717) is 19.1 Å². The van der Waals surface area contributed by atoms with Gasteiger partial charge < -0.3 is 15.8 Å². The van der Waals surface area contributed by atoms with Crippen molar-refractivity contribution in [1.82, 2.24) is 9.97 Å². The van der Waals surface area contributed by atoms with Crippen molar-refractivity contribution in [2.75, 3.05) is 18.5 Å². The maximum Gasteiger partial charge on any atom is 0.227 e. The number of hydrogen-bond donors (Lipinski definition) is 2. The Labute approximate surface area is 112 Å². The summed E-state index contributed by atoms with van der Waals surface area (Å²) in [4.78, 5) is 8.68. The maximum atomic E-state index is 5.48. The van der Waals surface area contributed by atoms with Crippen LogP contribution in [0.2, 0.25) is 0 Å². The molecule has 0 bridgehead atoms. The van der Waals surface area contributed by atoms with Crippen molar-refractivity contribution in [2.45, 2.75) is 13.8 Å². The number of aryl methyl sites for hydroxylation is 2. The van der Waals surface area contributed by atoms with Crippen LogP contribution in [-0.4, -0.2) is 23.1 Å². The lowest BCUT2D eigenvalue weighted by Gasteiger charge is -2.09. The van der Waals surface area contributed by atoms with Crippen LogP contribution in [0.1, 0.15) is 11.4 Å². The third kappa shape index (κ3) is 3.93. The van der Waals surface area contributed by atoms with Gasteiger partial charge in [-0.2, -0.15) is 0 Å². The second-order valence-electron chi connectivity index (χ2n) is 4.26. The Balaban J connectivity index is 2.13. The average molecular weight is 258 g/mol. The summed E-state index contributed by atoms with van der Waals surface area (Å²) in [7, 11) is 0. The number of rotatable bonds is 5. The number of anilines is 2. The van der Waals surface area contributed by atoms with Crippen LogP contribution >= 0.6 is 0 Å². The minimum absolute atomic E-state index is 0.498. The molecule has 1 aromatic carbocycles. The number of nitrogens with zero attached hydrogens (tertiary/aromatic N) is 2. The van der Waals surface area contributed by atoms with E-state index in [4.69, 9.17) is 10.5 Å². The van der Waals surface area contributed by atoms with Crippen molar-refractivity contribution in [2.24, 2.45) is 5.73 Å². The van der Waals surface area contributed by atoms with Crippen LogP contribution in [0.15, 0.2) is 30.3 Å². The fraction of sp³-hybridized carbons (Fsp3) is 0.286. The minimum atomic E-state index is 0.498. The first-order chi connectivity index (χ1) is 9.17. The zero-order valence-corrected chi connectivity index (χ0v) is 11.2. The Bertz CT molecular complexity index is 537. The average Bonchev–Trinajstić information content (AvgIpc) is 2.35. The second-order valence-corrected chi connectivity index (χ2v) is 4.26. The van der Waals surface area contributed by atoms with Gasteiger partial charge in [-0.1, -0.05) is 6.07 Å². The molecule has 0 spiro atoms. The molecule has 2 aromatic rings. The summed E-state index contributed by atoms with van der Waals surface area (Å²) < 4.78 is 5.48. The zero-order valence-electron chi connectivity index (χ0n) is 11.2. The van der Waals surface area contributed by atoms with Gasteiger partial charge in [-0.3, -0.25) is 0 Å². The molecule has 0 radical (unpaired) electrons. The van der Waals surface area contributed by atoms with Gasteiger partial charge in [0.25, 0.3) is 0 Å². The molecule has 0 aliphatic carbocycles. The summed E-state index contributed by atoms with van der Waals surface area (Å²) in [6.45, 7) is 4.89. The molecule has 0 saturated carbocycles. The summed E-state index contributed by atoms with van der Waals surface area (Å²) in [5, 5.41) is 3.17. The van der Waals surface area contributed by atoms with Crippen LogP contribution in [0.5, 0.6) is 5.75 Å². The molecule has 3 N–H and O–H groups in total. The van der Waals surface area contributed by atoms with Crippen LogP contribution in [0, 0.1) is 13.8 Å². The van der Waals surface area contributed by atoms with Gasteiger partial charge in [-0.15, -0.1) is 0 Å². The molecule has 1 heterocycles. The summed E-state index contributed by atoms with van der Waals surface area (Å²) in [6.07, 6.45) is 0. The first-order valence-electron chi connectivity index (χ1n) is 6.19. The van der Waals surface area contributed by atoms with Crippen LogP contribution in [0.25, 0.3) is 0 Å². The van der Waals surface area contributed by atoms with Crippen molar-refractivity contribution >= 4 is 11.6 Å². The Morgan fingerprint density at radius 1 is 1.16 bits per heavy atom. The molecule has 100 valence electrons. The highest BCUT2D eigenvalue weighted by Gasteiger charge is 2.01. The van der Waals surface area contributed by atoms with E-state index in [1.165, 1.54) is 0 Å². The van der Waals surface area contributed by atoms with Crippen LogP contribution < -0.4 is 15.8 Å². The first kappa shape index (κ1) is 13.3. The molecular formula is C14H18N4O. The smallest absolute Gasteiger partial charge is 0.227 e. The lowest BCUT2D eigenvalue weighted by atomic mass is 10.3.